The van der Waals surface area contributed by atoms with E-state index < -0.39 is 5.97 Å². The van der Waals surface area contributed by atoms with Gasteiger partial charge in [0, 0.05) is 18.5 Å². The summed E-state index contributed by atoms with van der Waals surface area (Å²) >= 11 is 0. The van der Waals surface area contributed by atoms with Crippen molar-refractivity contribution in [2.45, 2.75) is 50.6 Å². The van der Waals surface area contributed by atoms with Crippen LogP contribution >= 0.6 is 0 Å². The van der Waals surface area contributed by atoms with Gasteiger partial charge in [-0.1, -0.05) is 0 Å². The summed E-state index contributed by atoms with van der Waals surface area (Å²) in [5.74, 6) is -0.677. The first kappa shape index (κ1) is 12.8. The fourth-order valence-corrected chi connectivity index (χ4v) is 3.27. The van der Waals surface area contributed by atoms with E-state index in [0.717, 1.165) is 19.0 Å². The van der Waals surface area contributed by atoms with Crippen LogP contribution in [0.15, 0.2) is 0 Å². The molecule has 2 unspecified atom stereocenters. The van der Waals surface area contributed by atoms with Crippen LogP contribution in [0.25, 0.3) is 0 Å². The van der Waals surface area contributed by atoms with Crippen LogP contribution < -0.4 is 0 Å². The zero-order valence-corrected chi connectivity index (χ0v) is 10.8. The average Bonchev–Trinajstić information content (AvgIpc) is 2.75. The number of hydrogen-bond donors (Lipinski definition) is 1. The third-order valence-electron chi connectivity index (χ3n) is 4.32. The fourth-order valence-electron chi connectivity index (χ4n) is 3.27. The highest BCUT2D eigenvalue weighted by molar-refractivity contribution is 5.66. The minimum Gasteiger partial charge on any atom is -0.481 e. The van der Waals surface area contributed by atoms with Gasteiger partial charge in [0.15, 0.2) is 0 Å². The molecule has 0 aromatic heterocycles. The van der Waals surface area contributed by atoms with Crippen molar-refractivity contribution in [1.29, 1.82) is 0 Å². The Kier molecular flexibility index (Phi) is 4.40. The normalized spacial score (nSPS) is 29.5. The average molecular weight is 240 g/mol. The summed E-state index contributed by atoms with van der Waals surface area (Å²) in [6.07, 6.45) is 6.33. The Morgan fingerprint density at radius 3 is 3.00 bits per heavy atom. The highest BCUT2D eigenvalue weighted by Crippen LogP contribution is 2.28. The predicted octanol–water partition coefficient (Wildman–Crippen LogP) is 1.41. The smallest absolute Gasteiger partial charge is 0.303 e. The molecule has 2 aliphatic heterocycles. The SMILES string of the molecule is CN(CCCC(=O)O)C1CCN2CCCC2C1. The van der Waals surface area contributed by atoms with Gasteiger partial charge in [-0.3, -0.25) is 4.79 Å². The third-order valence-corrected chi connectivity index (χ3v) is 4.32. The standard InChI is InChI=1S/C13H24N2O2/c1-14(7-3-5-13(16)17)11-6-9-15-8-2-4-12(15)10-11/h11-12H,2-10H2,1H3,(H,16,17). The molecule has 0 amide bonds. The van der Waals surface area contributed by atoms with E-state index in [1.54, 1.807) is 0 Å². The maximum absolute atomic E-state index is 10.5. The second-order valence-electron chi connectivity index (χ2n) is 5.49. The van der Waals surface area contributed by atoms with Crippen molar-refractivity contribution in [3.63, 3.8) is 0 Å². The molecule has 1 N–H and O–H groups in total. The number of carboxylic acid groups (broad SMARTS) is 1. The third kappa shape index (κ3) is 3.42. The number of piperidine rings is 1. The van der Waals surface area contributed by atoms with Crippen molar-refractivity contribution >= 4 is 5.97 Å². The lowest BCUT2D eigenvalue weighted by atomic mass is 9.96. The fraction of sp³-hybridized carbons (Fsp3) is 0.923. The van der Waals surface area contributed by atoms with Gasteiger partial charge in [0.25, 0.3) is 0 Å². The Morgan fingerprint density at radius 1 is 1.41 bits per heavy atom. The van der Waals surface area contributed by atoms with Gasteiger partial charge in [-0.05, 0) is 58.8 Å². The zero-order valence-electron chi connectivity index (χ0n) is 10.8. The summed E-state index contributed by atoms with van der Waals surface area (Å²) in [6, 6.07) is 1.47. The first-order valence-corrected chi connectivity index (χ1v) is 6.83. The van der Waals surface area contributed by atoms with Gasteiger partial charge in [-0.25, -0.2) is 0 Å². The maximum atomic E-state index is 10.5. The van der Waals surface area contributed by atoms with Crippen LogP contribution in [-0.4, -0.2) is 59.6 Å². The number of rotatable bonds is 5. The molecule has 0 saturated carbocycles. The van der Waals surface area contributed by atoms with Gasteiger partial charge in [0.2, 0.25) is 0 Å². The first-order valence-electron chi connectivity index (χ1n) is 6.83. The quantitative estimate of drug-likeness (QED) is 0.789. The molecule has 0 aromatic rings. The summed E-state index contributed by atoms with van der Waals surface area (Å²) in [6.45, 7) is 3.45. The summed E-state index contributed by atoms with van der Waals surface area (Å²) < 4.78 is 0. The summed E-state index contributed by atoms with van der Waals surface area (Å²) in [7, 11) is 2.15. The van der Waals surface area contributed by atoms with E-state index in [-0.39, 0.29) is 0 Å². The number of fused-ring (bicyclic) bond motifs is 1. The molecule has 17 heavy (non-hydrogen) atoms. The minimum absolute atomic E-state index is 0.298. The number of carbonyl (C=O) groups is 1. The van der Waals surface area contributed by atoms with Crippen molar-refractivity contribution in [3.05, 3.63) is 0 Å². The molecular formula is C13H24N2O2. The Morgan fingerprint density at radius 2 is 2.24 bits per heavy atom. The topological polar surface area (TPSA) is 43.8 Å². The van der Waals surface area contributed by atoms with E-state index in [1.165, 1.54) is 38.8 Å². The Labute approximate surface area is 104 Å². The van der Waals surface area contributed by atoms with Gasteiger partial charge in [0.1, 0.15) is 0 Å². The highest BCUT2D eigenvalue weighted by Gasteiger charge is 2.32. The van der Waals surface area contributed by atoms with Crippen molar-refractivity contribution in [2.75, 3.05) is 26.7 Å². The van der Waals surface area contributed by atoms with Crippen molar-refractivity contribution in [3.8, 4) is 0 Å². The van der Waals surface area contributed by atoms with E-state index >= 15 is 0 Å². The molecule has 2 atom stereocenters. The van der Waals surface area contributed by atoms with Gasteiger partial charge in [-0.15, -0.1) is 0 Å². The van der Waals surface area contributed by atoms with Crippen LogP contribution in [0.5, 0.6) is 0 Å². The first-order chi connectivity index (χ1) is 8.16. The summed E-state index contributed by atoms with van der Waals surface area (Å²) in [5.41, 5.74) is 0. The van der Waals surface area contributed by atoms with Gasteiger partial charge in [0.05, 0.1) is 0 Å². The lowest BCUT2D eigenvalue weighted by Gasteiger charge is -2.39. The number of aliphatic carboxylic acids is 1. The Balaban J connectivity index is 1.72. The van der Waals surface area contributed by atoms with Crippen molar-refractivity contribution < 1.29 is 9.90 Å². The molecule has 0 aliphatic carbocycles. The van der Waals surface area contributed by atoms with E-state index in [9.17, 15) is 4.79 Å². The Bertz CT molecular complexity index is 270. The van der Waals surface area contributed by atoms with Crippen LogP contribution in [0.4, 0.5) is 0 Å². The van der Waals surface area contributed by atoms with E-state index in [1.807, 2.05) is 0 Å². The Hall–Kier alpha value is -0.610. The number of hydrogen-bond acceptors (Lipinski definition) is 3. The second-order valence-corrected chi connectivity index (χ2v) is 5.49. The molecule has 98 valence electrons. The van der Waals surface area contributed by atoms with Crippen molar-refractivity contribution in [2.24, 2.45) is 0 Å². The molecule has 0 aromatic carbocycles. The predicted molar refractivity (Wildman–Crippen MR) is 67.1 cm³/mol. The van der Waals surface area contributed by atoms with Crippen LogP contribution in [0, 0.1) is 0 Å². The largest absolute Gasteiger partial charge is 0.481 e. The lowest BCUT2D eigenvalue weighted by molar-refractivity contribution is -0.137. The number of nitrogens with zero attached hydrogens (tertiary/aromatic N) is 2. The molecule has 0 radical (unpaired) electrons. The summed E-state index contributed by atoms with van der Waals surface area (Å²) in [5, 5.41) is 8.63. The summed E-state index contributed by atoms with van der Waals surface area (Å²) in [4.78, 5) is 15.5. The van der Waals surface area contributed by atoms with Crippen LogP contribution in [-0.2, 0) is 4.79 Å². The van der Waals surface area contributed by atoms with Gasteiger partial charge in [-0.2, -0.15) is 0 Å². The van der Waals surface area contributed by atoms with Crippen LogP contribution in [0.1, 0.15) is 38.5 Å². The molecule has 2 aliphatic rings. The molecule has 0 bridgehead atoms. The molecular weight excluding hydrogens is 216 g/mol. The van der Waals surface area contributed by atoms with Gasteiger partial charge >= 0.3 is 5.97 Å². The van der Waals surface area contributed by atoms with E-state index in [2.05, 4.69) is 16.8 Å². The molecule has 4 nitrogen and oxygen atoms in total. The van der Waals surface area contributed by atoms with Crippen LogP contribution in [0.2, 0.25) is 0 Å². The van der Waals surface area contributed by atoms with Crippen molar-refractivity contribution in [1.82, 2.24) is 9.80 Å². The van der Waals surface area contributed by atoms with Crippen LogP contribution in [0.3, 0.4) is 0 Å². The second kappa shape index (κ2) is 5.83. The maximum Gasteiger partial charge on any atom is 0.303 e. The minimum atomic E-state index is -0.677. The van der Waals surface area contributed by atoms with E-state index in [4.69, 9.17) is 5.11 Å². The monoisotopic (exact) mass is 240 g/mol. The van der Waals surface area contributed by atoms with E-state index in [0.29, 0.717) is 12.5 Å². The molecule has 2 heterocycles. The molecule has 2 saturated heterocycles. The highest BCUT2D eigenvalue weighted by atomic mass is 16.4. The zero-order chi connectivity index (χ0) is 12.3. The molecule has 0 spiro atoms. The molecule has 4 heteroatoms. The lowest BCUT2D eigenvalue weighted by Crippen LogP contribution is -2.46. The van der Waals surface area contributed by atoms with Gasteiger partial charge < -0.3 is 14.9 Å². The molecule has 2 rings (SSSR count). The number of carboxylic acids is 1. The molecule has 2 fully saturated rings.